The number of rotatable bonds is 6. The maximum absolute atomic E-state index is 13.2. The van der Waals surface area contributed by atoms with Gasteiger partial charge in [0, 0.05) is 30.6 Å². The fraction of sp³-hybridized carbons (Fsp3) is 0.250. The molecule has 168 valence electrons. The van der Waals surface area contributed by atoms with Crippen LogP contribution >= 0.6 is 0 Å². The number of nitro groups is 1. The first-order valence-corrected chi connectivity index (χ1v) is 11.0. The van der Waals surface area contributed by atoms with Gasteiger partial charge in [-0.2, -0.15) is 0 Å². The molecule has 2 aromatic carbocycles. The summed E-state index contributed by atoms with van der Waals surface area (Å²) >= 11 is 0. The van der Waals surface area contributed by atoms with Crippen molar-refractivity contribution in [2.75, 3.05) is 38.1 Å². The number of amides is 1. The van der Waals surface area contributed by atoms with Crippen molar-refractivity contribution in [2.45, 2.75) is 4.90 Å². The summed E-state index contributed by atoms with van der Waals surface area (Å²) in [6.45, 7) is 1.39. The van der Waals surface area contributed by atoms with E-state index in [1.807, 2.05) is 0 Å². The first kappa shape index (κ1) is 21.6. The van der Waals surface area contributed by atoms with Crippen LogP contribution in [0.25, 0.3) is 11.0 Å². The van der Waals surface area contributed by atoms with Crippen molar-refractivity contribution < 1.29 is 32.0 Å². The van der Waals surface area contributed by atoms with E-state index >= 15 is 0 Å². The number of hydrogen-bond acceptors (Lipinski definition) is 8. The molecular formula is C20H19N3O8S. The summed E-state index contributed by atoms with van der Waals surface area (Å²) in [4.78, 5) is 24.6. The lowest BCUT2D eigenvalue weighted by molar-refractivity contribution is -0.385. The molecule has 11 nitrogen and oxygen atoms in total. The van der Waals surface area contributed by atoms with Crippen molar-refractivity contribution in [3.8, 4) is 5.75 Å². The summed E-state index contributed by atoms with van der Waals surface area (Å²) < 4.78 is 45.0. The lowest BCUT2D eigenvalue weighted by Crippen LogP contribution is -2.40. The molecule has 0 saturated carbocycles. The summed E-state index contributed by atoms with van der Waals surface area (Å²) in [7, 11) is -3.14. The Labute approximate surface area is 182 Å². The number of hydrogen-bond donors (Lipinski definition) is 1. The Morgan fingerprint density at radius 1 is 1.19 bits per heavy atom. The molecule has 2 heterocycles. The molecule has 4 rings (SSSR count). The Balaban J connectivity index is 1.81. The van der Waals surface area contributed by atoms with E-state index < -0.39 is 31.4 Å². The van der Waals surface area contributed by atoms with Gasteiger partial charge in [0.25, 0.3) is 21.6 Å². The summed E-state index contributed by atoms with van der Waals surface area (Å²) in [6, 6.07) is 9.81. The van der Waals surface area contributed by atoms with Crippen molar-refractivity contribution in [3.05, 3.63) is 58.3 Å². The summed E-state index contributed by atoms with van der Waals surface area (Å²) in [5, 5.41) is 11.5. The summed E-state index contributed by atoms with van der Waals surface area (Å²) in [5.41, 5.74) is -0.161. The van der Waals surface area contributed by atoms with Gasteiger partial charge in [-0.05, 0) is 18.2 Å². The highest BCUT2D eigenvalue weighted by atomic mass is 32.2. The molecule has 1 aliphatic rings. The number of nitrogens with one attached hydrogen (secondary N) is 1. The molecule has 0 unspecified atom stereocenters. The van der Waals surface area contributed by atoms with Crippen LogP contribution in [-0.2, 0) is 14.8 Å². The number of benzene rings is 2. The van der Waals surface area contributed by atoms with Crippen molar-refractivity contribution in [1.29, 1.82) is 0 Å². The van der Waals surface area contributed by atoms with Crippen molar-refractivity contribution in [1.82, 2.24) is 4.90 Å². The van der Waals surface area contributed by atoms with Gasteiger partial charge in [0.2, 0.25) is 5.76 Å². The normalized spacial score (nSPS) is 14.3. The topological polar surface area (TPSA) is 141 Å². The molecule has 32 heavy (non-hydrogen) atoms. The molecule has 1 N–H and O–H groups in total. The zero-order valence-electron chi connectivity index (χ0n) is 16.9. The molecule has 3 aromatic rings. The van der Waals surface area contributed by atoms with Gasteiger partial charge in [-0.3, -0.25) is 19.6 Å². The highest BCUT2D eigenvalue weighted by molar-refractivity contribution is 7.92. The van der Waals surface area contributed by atoms with Gasteiger partial charge in [-0.25, -0.2) is 8.42 Å². The number of sulfonamides is 1. The second kappa shape index (κ2) is 8.48. The van der Waals surface area contributed by atoms with E-state index in [1.165, 1.54) is 18.1 Å². The smallest absolute Gasteiger partial charge is 0.291 e. The van der Waals surface area contributed by atoms with Gasteiger partial charge in [-0.1, -0.05) is 12.1 Å². The standard InChI is InChI=1S/C20H19N3O8S/c1-29-16-7-6-13(23(25)26)12-17(16)32(27,28)21-18-14-4-2-3-5-15(14)31-19(18)20(24)22-8-10-30-11-9-22/h2-7,12,21H,8-11H2,1H3. The molecule has 0 spiro atoms. The molecular weight excluding hydrogens is 442 g/mol. The number of fused-ring (bicyclic) bond motifs is 1. The Bertz CT molecular complexity index is 1300. The van der Waals surface area contributed by atoms with Gasteiger partial charge >= 0.3 is 0 Å². The molecule has 1 saturated heterocycles. The summed E-state index contributed by atoms with van der Waals surface area (Å²) in [6.07, 6.45) is 0. The van der Waals surface area contributed by atoms with E-state index in [1.54, 1.807) is 24.3 Å². The monoisotopic (exact) mass is 461 g/mol. The van der Waals surface area contributed by atoms with Crippen LogP contribution in [0.1, 0.15) is 10.6 Å². The molecule has 1 aliphatic heterocycles. The van der Waals surface area contributed by atoms with Crippen molar-refractivity contribution >= 4 is 38.3 Å². The third-order valence-corrected chi connectivity index (χ3v) is 6.34. The van der Waals surface area contributed by atoms with Crippen LogP contribution in [0.15, 0.2) is 51.8 Å². The maximum atomic E-state index is 13.2. The predicted molar refractivity (Wildman–Crippen MR) is 113 cm³/mol. The van der Waals surface area contributed by atoms with E-state index in [0.29, 0.717) is 37.3 Å². The molecule has 1 fully saturated rings. The first-order valence-electron chi connectivity index (χ1n) is 9.55. The van der Waals surface area contributed by atoms with Crippen LogP contribution in [0.3, 0.4) is 0 Å². The van der Waals surface area contributed by atoms with E-state index in [2.05, 4.69) is 4.72 Å². The van der Waals surface area contributed by atoms with E-state index in [0.717, 1.165) is 12.1 Å². The Kier molecular flexibility index (Phi) is 5.72. The molecule has 0 radical (unpaired) electrons. The predicted octanol–water partition coefficient (Wildman–Crippen LogP) is 2.62. The van der Waals surface area contributed by atoms with Crippen LogP contribution in [-0.4, -0.2) is 57.6 Å². The number of furan rings is 1. The lowest BCUT2D eigenvalue weighted by Gasteiger charge is -2.26. The van der Waals surface area contributed by atoms with Gasteiger partial charge in [0.15, 0.2) is 0 Å². The molecule has 1 aromatic heterocycles. The van der Waals surface area contributed by atoms with E-state index in [9.17, 15) is 23.3 Å². The van der Waals surface area contributed by atoms with Crippen LogP contribution in [0.5, 0.6) is 5.75 Å². The quantitative estimate of drug-likeness (QED) is 0.436. The number of non-ortho nitro benzene ring substituents is 1. The van der Waals surface area contributed by atoms with Gasteiger partial charge in [0.1, 0.15) is 21.9 Å². The first-order chi connectivity index (χ1) is 15.3. The SMILES string of the molecule is COc1ccc([N+](=O)[O-])cc1S(=O)(=O)Nc1c(C(=O)N2CCOCC2)oc2ccccc12. The van der Waals surface area contributed by atoms with Crippen LogP contribution in [0.2, 0.25) is 0 Å². The van der Waals surface area contributed by atoms with Crippen LogP contribution in [0, 0.1) is 10.1 Å². The van der Waals surface area contributed by atoms with Gasteiger partial charge in [-0.15, -0.1) is 0 Å². The van der Waals surface area contributed by atoms with Gasteiger partial charge < -0.3 is 18.8 Å². The average molecular weight is 461 g/mol. The lowest BCUT2D eigenvalue weighted by atomic mass is 10.2. The fourth-order valence-corrected chi connectivity index (χ4v) is 4.66. The molecule has 0 bridgehead atoms. The van der Waals surface area contributed by atoms with E-state index in [4.69, 9.17) is 13.9 Å². The molecule has 1 amide bonds. The number of para-hydroxylation sites is 1. The number of carbonyl (C=O) groups is 1. The number of carbonyl (C=O) groups excluding carboxylic acids is 1. The number of ether oxygens (including phenoxy) is 2. The largest absolute Gasteiger partial charge is 0.495 e. The van der Waals surface area contributed by atoms with Crippen LogP contribution < -0.4 is 9.46 Å². The second-order valence-corrected chi connectivity index (χ2v) is 8.56. The van der Waals surface area contributed by atoms with Crippen LogP contribution in [0.4, 0.5) is 11.4 Å². The number of nitro benzene ring substituents is 1. The zero-order chi connectivity index (χ0) is 22.9. The minimum Gasteiger partial charge on any atom is -0.495 e. The number of methoxy groups -OCH3 is 1. The molecule has 12 heteroatoms. The number of nitrogens with zero attached hydrogens (tertiary/aromatic N) is 2. The second-order valence-electron chi connectivity index (χ2n) is 6.90. The maximum Gasteiger partial charge on any atom is 0.291 e. The molecule has 0 aliphatic carbocycles. The Morgan fingerprint density at radius 3 is 2.59 bits per heavy atom. The van der Waals surface area contributed by atoms with E-state index in [-0.39, 0.29) is 17.2 Å². The highest BCUT2D eigenvalue weighted by Crippen LogP contribution is 2.36. The minimum absolute atomic E-state index is 0.0503. The Morgan fingerprint density at radius 2 is 1.91 bits per heavy atom. The summed E-state index contributed by atoms with van der Waals surface area (Å²) in [5.74, 6) is -0.758. The van der Waals surface area contributed by atoms with Gasteiger partial charge in [0.05, 0.1) is 25.2 Å². The zero-order valence-corrected chi connectivity index (χ0v) is 17.8. The minimum atomic E-state index is -4.40. The third-order valence-electron chi connectivity index (χ3n) is 4.97. The third kappa shape index (κ3) is 3.97. The molecule has 0 atom stereocenters. The highest BCUT2D eigenvalue weighted by Gasteiger charge is 2.31. The fourth-order valence-electron chi connectivity index (χ4n) is 3.39. The number of anilines is 1. The number of morpholine rings is 1. The van der Waals surface area contributed by atoms with Crippen molar-refractivity contribution in [3.63, 3.8) is 0 Å². The van der Waals surface area contributed by atoms with Crippen molar-refractivity contribution in [2.24, 2.45) is 0 Å². The Hall–Kier alpha value is -3.64. The average Bonchev–Trinajstić information content (AvgIpc) is 3.16.